The Labute approximate surface area is 92.2 Å². The zero-order chi connectivity index (χ0) is 11.7. The number of aromatic nitrogens is 2. The Morgan fingerprint density at radius 3 is 2.88 bits per heavy atom. The lowest BCUT2D eigenvalue weighted by Crippen LogP contribution is -2.17. The van der Waals surface area contributed by atoms with Crippen LogP contribution in [0, 0.1) is 10.1 Å². The standard InChI is InChI=1S/C10H12N4O2/c1-12(2)7-13-10-5-9(14(15)16)4-3-8(10)6-11-13/h3-6H,7H2,1-2H3. The fourth-order valence-corrected chi connectivity index (χ4v) is 1.55. The zero-order valence-corrected chi connectivity index (χ0v) is 9.12. The van der Waals surface area contributed by atoms with Crippen molar-refractivity contribution in [3.8, 4) is 0 Å². The van der Waals surface area contributed by atoms with Gasteiger partial charge >= 0.3 is 0 Å². The third-order valence-electron chi connectivity index (χ3n) is 2.26. The van der Waals surface area contributed by atoms with Crippen LogP contribution >= 0.6 is 0 Å². The molecule has 0 atom stereocenters. The molecule has 0 unspecified atom stereocenters. The Morgan fingerprint density at radius 2 is 2.25 bits per heavy atom. The lowest BCUT2D eigenvalue weighted by Gasteiger charge is -2.10. The second-order valence-electron chi connectivity index (χ2n) is 3.87. The highest BCUT2D eigenvalue weighted by Gasteiger charge is 2.10. The summed E-state index contributed by atoms with van der Waals surface area (Å²) in [5.74, 6) is 0. The van der Waals surface area contributed by atoms with Crippen molar-refractivity contribution < 1.29 is 4.92 Å². The second-order valence-corrected chi connectivity index (χ2v) is 3.87. The minimum atomic E-state index is -0.396. The van der Waals surface area contributed by atoms with Crippen molar-refractivity contribution in [1.29, 1.82) is 0 Å². The predicted molar refractivity (Wildman–Crippen MR) is 60.1 cm³/mol. The van der Waals surface area contributed by atoms with Crippen LogP contribution < -0.4 is 0 Å². The van der Waals surface area contributed by atoms with E-state index in [0.717, 1.165) is 10.9 Å². The van der Waals surface area contributed by atoms with Crippen LogP contribution in [0.25, 0.3) is 10.9 Å². The van der Waals surface area contributed by atoms with Crippen molar-refractivity contribution in [2.45, 2.75) is 6.67 Å². The molecule has 84 valence electrons. The van der Waals surface area contributed by atoms with Crippen molar-refractivity contribution in [3.63, 3.8) is 0 Å². The molecule has 2 aromatic rings. The van der Waals surface area contributed by atoms with Gasteiger partial charge in [-0.1, -0.05) is 0 Å². The first-order valence-electron chi connectivity index (χ1n) is 4.82. The molecule has 0 aliphatic rings. The van der Waals surface area contributed by atoms with Gasteiger partial charge in [0.15, 0.2) is 0 Å². The average Bonchev–Trinajstić information content (AvgIpc) is 2.60. The van der Waals surface area contributed by atoms with E-state index >= 15 is 0 Å². The largest absolute Gasteiger partial charge is 0.291 e. The minimum Gasteiger partial charge on any atom is -0.291 e. The number of hydrogen-bond acceptors (Lipinski definition) is 4. The first kappa shape index (κ1) is 10.6. The van der Waals surface area contributed by atoms with Gasteiger partial charge < -0.3 is 0 Å². The summed E-state index contributed by atoms with van der Waals surface area (Å²) in [7, 11) is 3.84. The van der Waals surface area contributed by atoms with Crippen LogP contribution in [-0.4, -0.2) is 33.7 Å². The molecule has 0 bridgehead atoms. The Morgan fingerprint density at radius 1 is 1.50 bits per heavy atom. The number of nitrogens with zero attached hydrogens (tertiary/aromatic N) is 4. The lowest BCUT2D eigenvalue weighted by molar-refractivity contribution is -0.384. The summed E-state index contributed by atoms with van der Waals surface area (Å²) in [5.41, 5.74) is 0.871. The molecule has 0 amide bonds. The molecule has 1 aromatic carbocycles. The first-order valence-corrected chi connectivity index (χ1v) is 4.82. The van der Waals surface area contributed by atoms with Crippen LogP contribution in [0.5, 0.6) is 0 Å². The number of benzene rings is 1. The maximum absolute atomic E-state index is 10.7. The Balaban J connectivity index is 2.51. The maximum Gasteiger partial charge on any atom is 0.271 e. The number of nitro benzene ring substituents is 1. The van der Waals surface area contributed by atoms with Gasteiger partial charge in [-0.05, 0) is 20.2 Å². The van der Waals surface area contributed by atoms with E-state index in [1.54, 1.807) is 23.0 Å². The zero-order valence-electron chi connectivity index (χ0n) is 9.12. The van der Waals surface area contributed by atoms with Gasteiger partial charge in [0.25, 0.3) is 5.69 Å². The van der Waals surface area contributed by atoms with E-state index in [1.807, 2.05) is 19.0 Å². The summed E-state index contributed by atoms with van der Waals surface area (Å²) in [6, 6.07) is 4.75. The minimum absolute atomic E-state index is 0.0907. The Kier molecular flexibility index (Phi) is 2.57. The van der Waals surface area contributed by atoms with Crippen LogP contribution in [0.15, 0.2) is 24.4 Å². The number of rotatable bonds is 3. The number of hydrogen-bond donors (Lipinski definition) is 0. The third-order valence-corrected chi connectivity index (χ3v) is 2.26. The van der Waals surface area contributed by atoms with Crippen LogP contribution in [0.4, 0.5) is 5.69 Å². The summed E-state index contributed by atoms with van der Waals surface area (Å²) in [6.45, 7) is 0.602. The molecule has 1 heterocycles. The van der Waals surface area contributed by atoms with E-state index in [-0.39, 0.29) is 5.69 Å². The van der Waals surface area contributed by atoms with Gasteiger partial charge in [-0.25, -0.2) is 0 Å². The van der Waals surface area contributed by atoms with E-state index < -0.39 is 4.92 Å². The summed E-state index contributed by atoms with van der Waals surface area (Å²) in [5, 5.41) is 15.8. The Bertz CT molecular complexity index is 533. The summed E-state index contributed by atoms with van der Waals surface area (Å²) in [6.07, 6.45) is 1.71. The molecule has 0 spiro atoms. The van der Waals surface area contributed by atoms with Crippen molar-refractivity contribution in [1.82, 2.24) is 14.7 Å². The quantitative estimate of drug-likeness (QED) is 0.580. The summed E-state index contributed by atoms with van der Waals surface area (Å²) in [4.78, 5) is 12.2. The molecule has 0 N–H and O–H groups in total. The van der Waals surface area contributed by atoms with Crippen molar-refractivity contribution >= 4 is 16.6 Å². The third kappa shape index (κ3) is 1.87. The van der Waals surface area contributed by atoms with Crippen molar-refractivity contribution in [2.24, 2.45) is 0 Å². The molecule has 0 saturated carbocycles. The highest BCUT2D eigenvalue weighted by atomic mass is 16.6. The van der Waals surface area contributed by atoms with E-state index in [9.17, 15) is 10.1 Å². The molecule has 0 radical (unpaired) electrons. The number of fused-ring (bicyclic) bond motifs is 1. The summed E-state index contributed by atoms with van der Waals surface area (Å²) < 4.78 is 1.74. The van der Waals surface area contributed by atoms with Crippen LogP contribution in [-0.2, 0) is 6.67 Å². The molecule has 16 heavy (non-hydrogen) atoms. The van der Waals surface area contributed by atoms with Gasteiger partial charge in [-0.15, -0.1) is 0 Å². The van der Waals surface area contributed by atoms with Crippen LogP contribution in [0.1, 0.15) is 0 Å². The molecular formula is C10H12N4O2. The molecule has 0 aliphatic carbocycles. The molecule has 6 heteroatoms. The SMILES string of the molecule is CN(C)Cn1ncc2ccc([N+](=O)[O-])cc21. The van der Waals surface area contributed by atoms with E-state index in [2.05, 4.69) is 5.10 Å². The molecule has 2 rings (SSSR count). The molecule has 0 aliphatic heterocycles. The van der Waals surface area contributed by atoms with Gasteiger partial charge in [0.05, 0.1) is 23.3 Å². The summed E-state index contributed by atoms with van der Waals surface area (Å²) >= 11 is 0. The van der Waals surface area contributed by atoms with Crippen LogP contribution in [0.3, 0.4) is 0 Å². The van der Waals surface area contributed by atoms with Crippen LogP contribution in [0.2, 0.25) is 0 Å². The van der Waals surface area contributed by atoms with E-state index in [0.29, 0.717) is 6.67 Å². The molecule has 0 fully saturated rings. The van der Waals surface area contributed by atoms with E-state index in [1.165, 1.54) is 6.07 Å². The predicted octanol–water partition coefficient (Wildman–Crippen LogP) is 1.46. The fourth-order valence-electron chi connectivity index (χ4n) is 1.55. The van der Waals surface area contributed by atoms with Gasteiger partial charge in [-0.2, -0.15) is 5.10 Å². The van der Waals surface area contributed by atoms with Gasteiger partial charge in [0.2, 0.25) is 0 Å². The first-order chi connectivity index (χ1) is 7.58. The van der Waals surface area contributed by atoms with E-state index in [4.69, 9.17) is 0 Å². The number of nitro groups is 1. The van der Waals surface area contributed by atoms with Gasteiger partial charge in [-0.3, -0.25) is 19.7 Å². The molecule has 1 aromatic heterocycles. The highest BCUT2D eigenvalue weighted by molar-refractivity contribution is 5.80. The second kappa shape index (κ2) is 3.90. The Hall–Kier alpha value is -1.95. The molecular weight excluding hydrogens is 208 g/mol. The molecule has 0 saturated heterocycles. The lowest BCUT2D eigenvalue weighted by atomic mass is 10.2. The fraction of sp³-hybridized carbons (Fsp3) is 0.300. The topological polar surface area (TPSA) is 64.2 Å². The molecule has 6 nitrogen and oxygen atoms in total. The van der Waals surface area contributed by atoms with Gasteiger partial charge in [0, 0.05) is 17.5 Å². The number of non-ortho nitro benzene ring substituents is 1. The van der Waals surface area contributed by atoms with Crippen molar-refractivity contribution in [2.75, 3.05) is 14.1 Å². The average molecular weight is 220 g/mol. The van der Waals surface area contributed by atoms with Crippen molar-refractivity contribution in [3.05, 3.63) is 34.5 Å². The maximum atomic E-state index is 10.7. The smallest absolute Gasteiger partial charge is 0.271 e. The normalized spacial score (nSPS) is 11.2. The van der Waals surface area contributed by atoms with Gasteiger partial charge in [0.1, 0.15) is 0 Å². The monoisotopic (exact) mass is 220 g/mol. The highest BCUT2D eigenvalue weighted by Crippen LogP contribution is 2.20.